The zero-order chi connectivity index (χ0) is 18.9. The number of hydrogen-bond acceptors (Lipinski definition) is 3. The summed E-state index contributed by atoms with van der Waals surface area (Å²) in [6, 6.07) is 9.08. The highest BCUT2D eigenvalue weighted by Gasteiger charge is 2.22. The van der Waals surface area contributed by atoms with Crippen LogP contribution in [-0.4, -0.2) is 68.7 Å². The van der Waals surface area contributed by atoms with E-state index in [1.807, 2.05) is 0 Å². The smallest absolute Gasteiger partial charge is 0.193 e. The van der Waals surface area contributed by atoms with E-state index in [1.165, 1.54) is 11.1 Å². The van der Waals surface area contributed by atoms with Crippen molar-refractivity contribution in [2.75, 3.05) is 46.9 Å². The molecule has 1 saturated heterocycles. The Kier molecular flexibility index (Phi) is 8.39. The Morgan fingerprint density at radius 2 is 1.88 bits per heavy atom. The van der Waals surface area contributed by atoms with Gasteiger partial charge in [0.25, 0.3) is 0 Å². The van der Waals surface area contributed by atoms with Crippen LogP contribution in [0.2, 0.25) is 0 Å². The molecule has 2 rings (SSSR count). The van der Waals surface area contributed by atoms with Crippen LogP contribution >= 0.6 is 0 Å². The molecule has 0 spiro atoms. The number of aliphatic imine (C=N–C) groups is 1. The second kappa shape index (κ2) is 10.5. The van der Waals surface area contributed by atoms with Crippen molar-refractivity contribution in [2.45, 2.75) is 45.8 Å². The first-order valence-corrected chi connectivity index (χ1v) is 9.93. The minimum Gasteiger partial charge on any atom is -0.378 e. The molecular formula is C21H36N4O. The van der Waals surface area contributed by atoms with E-state index in [4.69, 9.17) is 9.73 Å². The summed E-state index contributed by atoms with van der Waals surface area (Å²) in [5.41, 5.74) is 2.61. The number of rotatable bonds is 7. The first-order chi connectivity index (χ1) is 12.5. The van der Waals surface area contributed by atoms with Gasteiger partial charge in [0.05, 0.1) is 18.7 Å². The van der Waals surface area contributed by atoms with E-state index in [0.717, 1.165) is 51.6 Å². The summed E-state index contributed by atoms with van der Waals surface area (Å²) in [6.45, 7) is 10.8. The lowest BCUT2D eigenvalue weighted by Crippen LogP contribution is -2.47. The van der Waals surface area contributed by atoms with Crippen LogP contribution in [-0.2, 0) is 4.74 Å². The van der Waals surface area contributed by atoms with Crippen molar-refractivity contribution in [1.82, 2.24) is 15.1 Å². The maximum atomic E-state index is 5.77. The van der Waals surface area contributed by atoms with Gasteiger partial charge in [-0.2, -0.15) is 0 Å². The Hall–Kier alpha value is -1.59. The summed E-state index contributed by atoms with van der Waals surface area (Å²) in [5, 5.41) is 3.47. The van der Waals surface area contributed by atoms with Crippen molar-refractivity contribution < 1.29 is 4.74 Å². The predicted molar refractivity (Wildman–Crippen MR) is 110 cm³/mol. The van der Waals surface area contributed by atoms with Gasteiger partial charge in [-0.15, -0.1) is 0 Å². The Balaban J connectivity index is 2.05. The van der Waals surface area contributed by atoms with Crippen LogP contribution in [0.5, 0.6) is 0 Å². The van der Waals surface area contributed by atoms with E-state index in [0.29, 0.717) is 6.10 Å². The zero-order valence-corrected chi connectivity index (χ0v) is 17.2. The second-order valence-electron chi connectivity index (χ2n) is 7.23. The fraction of sp³-hybridized carbons (Fsp3) is 0.667. The Morgan fingerprint density at radius 3 is 2.42 bits per heavy atom. The van der Waals surface area contributed by atoms with Crippen LogP contribution in [0.15, 0.2) is 29.3 Å². The average Bonchev–Trinajstić information content (AvgIpc) is 2.63. The molecule has 0 bridgehead atoms. The third kappa shape index (κ3) is 5.99. The molecule has 0 amide bonds. The van der Waals surface area contributed by atoms with Crippen molar-refractivity contribution in [3.63, 3.8) is 0 Å². The number of benzene rings is 1. The highest BCUT2D eigenvalue weighted by atomic mass is 16.5. The lowest BCUT2D eigenvalue weighted by molar-refractivity contribution is 0.0263. The molecule has 1 atom stereocenters. The van der Waals surface area contributed by atoms with Gasteiger partial charge < -0.3 is 19.9 Å². The van der Waals surface area contributed by atoms with E-state index in [-0.39, 0.29) is 6.04 Å². The van der Waals surface area contributed by atoms with Crippen molar-refractivity contribution in [2.24, 2.45) is 4.99 Å². The number of guanidine groups is 1. The van der Waals surface area contributed by atoms with Gasteiger partial charge in [0, 0.05) is 26.2 Å². The first kappa shape index (κ1) is 20.7. The number of piperidine rings is 1. The van der Waals surface area contributed by atoms with Crippen molar-refractivity contribution in [1.29, 1.82) is 0 Å². The van der Waals surface area contributed by atoms with Crippen molar-refractivity contribution in [3.05, 3.63) is 35.4 Å². The number of ether oxygens (including phenoxy) is 1. The summed E-state index contributed by atoms with van der Waals surface area (Å²) >= 11 is 0. The van der Waals surface area contributed by atoms with E-state index in [2.05, 4.69) is 74.2 Å². The Bertz CT molecular complexity index is 548. The van der Waals surface area contributed by atoms with Crippen molar-refractivity contribution >= 4 is 5.96 Å². The summed E-state index contributed by atoms with van der Waals surface area (Å²) in [4.78, 5) is 9.60. The minimum absolute atomic E-state index is 0.283. The molecule has 1 aliphatic heterocycles. The second-order valence-corrected chi connectivity index (χ2v) is 7.23. The molecule has 1 N–H and O–H groups in total. The van der Waals surface area contributed by atoms with E-state index >= 15 is 0 Å². The molecule has 0 aliphatic carbocycles. The lowest BCUT2D eigenvalue weighted by atomic mass is 10.0. The quantitative estimate of drug-likeness (QED) is 0.599. The van der Waals surface area contributed by atoms with Crippen LogP contribution < -0.4 is 5.32 Å². The summed E-state index contributed by atoms with van der Waals surface area (Å²) in [5.74, 6) is 1.03. The normalized spacial score (nSPS) is 17.6. The third-order valence-corrected chi connectivity index (χ3v) is 4.98. The molecule has 1 aromatic rings. The molecule has 1 heterocycles. The van der Waals surface area contributed by atoms with Gasteiger partial charge in [-0.1, -0.05) is 29.8 Å². The fourth-order valence-electron chi connectivity index (χ4n) is 3.42. The Morgan fingerprint density at radius 1 is 1.23 bits per heavy atom. The van der Waals surface area contributed by atoms with Crippen LogP contribution in [0.25, 0.3) is 0 Å². The average molecular weight is 361 g/mol. The molecule has 26 heavy (non-hydrogen) atoms. The van der Waals surface area contributed by atoms with Crippen LogP contribution in [0.4, 0.5) is 0 Å². The minimum atomic E-state index is 0.283. The number of nitrogens with zero attached hydrogens (tertiary/aromatic N) is 3. The lowest BCUT2D eigenvalue weighted by Gasteiger charge is -2.34. The fourth-order valence-corrected chi connectivity index (χ4v) is 3.42. The summed E-state index contributed by atoms with van der Waals surface area (Å²) in [6.07, 6.45) is 2.56. The molecule has 0 saturated carbocycles. The van der Waals surface area contributed by atoms with E-state index in [9.17, 15) is 0 Å². The third-order valence-electron chi connectivity index (χ3n) is 4.98. The topological polar surface area (TPSA) is 40.1 Å². The van der Waals surface area contributed by atoms with Gasteiger partial charge in [-0.05, 0) is 53.3 Å². The number of aryl methyl sites for hydroxylation is 1. The molecule has 0 aromatic heterocycles. The van der Waals surface area contributed by atoms with Crippen LogP contribution in [0.1, 0.15) is 43.9 Å². The Labute approximate surface area is 159 Å². The molecule has 1 aromatic carbocycles. The number of nitrogens with one attached hydrogen (secondary N) is 1. The number of likely N-dealkylation sites (N-methyl/N-ethyl adjacent to an activating group) is 1. The molecule has 0 radical (unpaired) electrons. The van der Waals surface area contributed by atoms with Gasteiger partial charge in [-0.25, -0.2) is 0 Å². The SMILES string of the molecule is CCNC(=NCC(c1ccc(C)cc1)N(C)C)N1CCC(OCC)CC1. The number of likely N-dealkylation sites (tertiary alicyclic amines) is 1. The first-order valence-electron chi connectivity index (χ1n) is 9.93. The largest absolute Gasteiger partial charge is 0.378 e. The molecule has 1 aliphatic rings. The van der Waals surface area contributed by atoms with Gasteiger partial charge in [0.1, 0.15) is 0 Å². The van der Waals surface area contributed by atoms with Crippen molar-refractivity contribution in [3.8, 4) is 0 Å². The predicted octanol–water partition coefficient (Wildman–Crippen LogP) is 3.06. The molecule has 1 fully saturated rings. The molecular weight excluding hydrogens is 324 g/mol. The van der Waals surface area contributed by atoms with Gasteiger partial charge in [0.15, 0.2) is 5.96 Å². The summed E-state index contributed by atoms with van der Waals surface area (Å²) < 4.78 is 5.77. The maximum absolute atomic E-state index is 5.77. The molecule has 1 unspecified atom stereocenters. The molecule has 146 valence electrons. The molecule has 5 heteroatoms. The van der Waals surface area contributed by atoms with Gasteiger partial charge in [-0.3, -0.25) is 4.99 Å². The van der Waals surface area contributed by atoms with E-state index < -0.39 is 0 Å². The van der Waals surface area contributed by atoms with Gasteiger partial charge in [0.2, 0.25) is 0 Å². The van der Waals surface area contributed by atoms with Crippen LogP contribution in [0.3, 0.4) is 0 Å². The monoisotopic (exact) mass is 360 g/mol. The highest BCUT2D eigenvalue weighted by molar-refractivity contribution is 5.80. The summed E-state index contributed by atoms with van der Waals surface area (Å²) in [7, 11) is 4.25. The highest BCUT2D eigenvalue weighted by Crippen LogP contribution is 2.20. The molecule has 5 nitrogen and oxygen atoms in total. The zero-order valence-electron chi connectivity index (χ0n) is 17.2. The standard InChI is InChI=1S/C21H36N4O/c1-6-22-21(25-14-12-19(13-15-25)26-7-2)23-16-20(24(4)5)18-10-8-17(3)9-11-18/h8-11,19-20H,6-7,12-16H2,1-5H3,(H,22,23). The van der Waals surface area contributed by atoms with Crippen LogP contribution in [0, 0.1) is 6.92 Å². The van der Waals surface area contributed by atoms with E-state index in [1.54, 1.807) is 0 Å². The maximum Gasteiger partial charge on any atom is 0.193 e. The van der Waals surface area contributed by atoms with Gasteiger partial charge >= 0.3 is 0 Å². The number of hydrogen-bond donors (Lipinski definition) is 1.